The lowest BCUT2D eigenvalue weighted by atomic mass is 9.97. The van der Waals surface area contributed by atoms with E-state index in [1.54, 1.807) is 12.1 Å². The fraction of sp³-hybridized carbons (Fsp3) is 0.667. The van der Waals surface area contributed by atoms with Crippen LogP contribution in [0.25, 0.3) is 0 Å². The van der Waals surface area contributed by atoms with E-state index in [4.69, 9.17) is 4.74 Å². The number of nitrogens with one attached hydrogen (secondary N) is 2. The van der Waals surface area contributed by atoms with Crippen LogP contribution in [0.15, 0.2) is 29.3 Å². The summed E-state index contributed by atoms with van der Waals surface area (Å²) in [5.74, 6) is 1.88. The van der Waals surface area contributed by atoms with Crippen LogP contribution in [0.4, 0.5) is 4.39 Å². The van der Waals surface area contributed by atoms with Crippen molar-refractivity contribution in [2.45, 2.75) is 52.7 Å². The maximum atomic E-state index is 13.0. The maximum Gasteiger partial charge on any atom is 0.191 e. The van der Waals surface area contributed by atoms with E-state index >= 15 is 0 Å². The molecule has 1 aliphatic heterocycles. The number of guanidine groups is 1. The van der Waals surface area contributed by atoms with Gasteiger partial charge in [0, 0.05) is 25.7 Å². The maximum absolute atomic E-state index is 13.0. The molecule has 0 amide bonds. The molecule has 2 N–H and O–H groups in total. The second-order valence-corrected chi connectivity index (χ2v) is 7.58. The van der Waals surface area contributed by atoms with E-state index in [1.165, 1.54) is 31.5 Å². The zero-order valence-electron chi connectivity index (χ0n) is 17.2. The molecule has 2 rings (SSSR count). The number of ether oxygens (including phenoxy) is 1. The van der Waals surface area contributed by atoms with E-state index in [-0.39, 0.29) is 11.9 Å². The third kappa shape index (κ3) is 7.75. The minimum absolute atomic E-state index is 0.0861. The van der Waals surface area contributed by atoms with Crippen molar-refractivity contribution in [2.75, 3.05) is 32.7 Å². The largest absolute Gasteiger partial charge is 0.489 e. The summed E-state index contributed by atoms with van der Waals surface area (Å²) in [6.45, 7) is 13.2. The second kappa shape index (κ2) is 11.1. The fourth-order valence-corrected chi connectivity index (χ4v) is 3.32. The molecule has 1 heterocycles. The lowest BCUT2D eigenvalue weighted by Crippen LogP contribution is -2.46. The quantitative estimate of drug-likeness (QED) is 0.538. The summed E-state index contributed by atoms with van der Waals surface area (Å²) in [5, 5.41) is 6.79. The highest BCUT2D eigenvalue weighted by Gasteiger charge is 2.21. The molecule has 27 heavy (non-hydrogen) atoms. The Bertz CT molecular complexity index is 576. The van der Waals surface area contributed by atoms with Crippen molar-refractivity contribution in [3.05, 3.63) is 30.1 Å². The third-order valence-electron chi connectivity index (χ3n) is 4.84. The number of halogens is 1. The Balaban J connectivity index is 1.81. The topological polar surface area (TPSA) is 48.9 Å². The molecule has 5 nitrogen and oxygen atoms in total. The standard InChI is InChI=1S/C21H35FN4O/c1-5-23-21(25-14-18-7-6-12-26(15-18)16(2)3)24-13-17(4)27-20-10-8-19(22)9-11-20/h8-11,16-18H,5-7,12-15H2,1-4H3,(H2,23,24,25). The number of benzene rings is 1. The van der Waals surface area contributed by atoms with Crippen molar-refractivity contribution in [3.63, 3.8) is 0 Å². The van der Waals surface area contributed by atoms with Crippen molar-refractivity contribution in [1.82, 2.24) is 15.5 Å². The predicted molar refractivity (Wildman–Crippen MR) is 110 cm³/mol. The first kappa shape index (κ1) is 21.5. The van der Waals surface area contributed by atoms with E-state index in [9.17, 15) is 4.39 Å². The van der Waals surface area contributed by atoms with Gasteiger partial charge >= 0.3 is 0 Å². The Labute approximate surface area is 163 Å². The first-order valence-electron chi connectivity index (χ1n) is 10.2. The first-order chi connectivity index (χ1) is 13.0. The molecule has 1 aromatic rings. The average Bonchev–Trinajstić information content (AvgIpc) is 2.66. The molecular formula is C21H35FN4O. The zero-order chi connectivity index (χ0) is 19.6. The summed E-state index contributed by atoms with van der Waals surface area (Å²) in [6.07, 6.45) is 2.44. The number of aliphatic imine (C=N–C) groups is 1. The van der Waals surface area contributed by atoms with Gasteiger partial charge in [-0.3, -0.25) is 0 Å². The van der Waals surface area contributed by atoms with Gasteiger partial charge in [0.25, 0.3) is 0 Å². The summed E-state index contributed by atoms with van der Waals surface area (Å²) < 4.78 is 18.8. The number of piperidine rings is 1. The molecule has 1 aromatic carbocycles. The summed E-state index contributed by atoms with van der Waals surface area (Å²) in [6, 6.07) is 6.70. The van der Waals surface area contributed by atoms with Crippen molar-refractivity contribution in [1.29, 1.82) is 0 Å². The second-order valence-electron chi connectivity index (χ2n) is 7.58. The van der Waals surface area contributed by atoms with Crippen LogP contribution in [0.2, 0.25) is 0 Å². The molecule has 0 aliphatic carbocycles. The van der Waals surface area contributed by atoms with Crippen LogP contribution in [-0.2, 0) is 0 Å². The van der Waals surface area contributed by atoms with Crippen molar-refractivity contribution in [3.8, 4) is 5.75 Å². The molecule has 0 bridgehead atoms. The van der Waals surface area contributed by atoms with E-state index in [0.29, 0.717) is 24.3 Å². The smallest absolute Gasteiger partial charge is 0.191 e. The molecule has 0 saturated carbocycles. The van der Waals surface area contributed by atoms with Crippen LogP contribution in [0.5, 0.6) is 5.75 Å². The molecule has 1 saturated heterocycles. The number of rotatable bonds is 8. The molecule has 1 fully saturated rings. The van der Waals surface area contributed by atoms with Crippen molar-refractivity contribution >= 4 is 5.96 Å². The van der Waals surface area contributed by atoms with Crippen LogP contribution in [0.1, 0.15) is 40.5 Å². The van der Waals surface area contributed by atoms with Gasteiger partial charge < -0.3 is 20.3 Å². The normalized spacial score (nSPS) is 19.8. The number of hydrogen-bond acceptors (Lipinski definition) is 3. The fourth-order valence-electron chi connectivity index (χ4n) is 3.32. The van der Waals surface area contributed by atoms with Gasteiger partial charge in [0.15, 0.2) is 5.96 Å². The average molecular weight is 379 g/mol. The summed E-state index contributed by atoms with van der Waals surface area (Å²) in [5.41, 5.74) is 0. The zero-order valence-corrected chi connectivity index (χ0v) is 17.2. The van der Waals surface area contributed by atoms with Crippen LogP contribution >= 0.6 is 0 Å². The van der Waals surface area contributed by atoms with Crippen LogP contribution in [0.3, 0.4) is 0 Å². The van der Waals surface area contributed by atoms with Gasteiger partial charge in [0.05, 0.1) is 6.54 Å². The molecule has 1 aliphatic rings. The SMILES string of the molecule is CCNC(=NCC(C)Oc1ccc(F)cc1)NCC1CCCN(C(C)C)C1. The predicted octanol–water partition coefficient (Wildman–Crippen LogP) is 3.27. The third-order valence-corrected chi connectivity index (χ3v) is 4.84. The monoisotopic (exact) mass is 378 g/mol. The number of hydrogen-bond donors (Lipinski definition) is 2. The van der Waals surface area contributed by atoms with Gasteiger partial charge in [0.2, 0.25) is 0 Å². The summed E-state index contributed by atoms with van der Waals surface area (Å²) in [4.78, 5) is 7.20. The molecule has 152 valence electrons. The van der Waals surface area contributed by atoms with Crippen LogP contribution < -0.4 is 15.4 Å². The highest BCUT2D eigenvalue weighted by Crippen LogP contribution is 2.17. The van der Waals surface area contributed by atoms with Crippen molar-refractivity contribution in [2.24, 2.45) is 10.9 Å². The van der Waals surface area contributed by atoms with Gasteiger partial charge in [0.1, 0.15) is 17.7 Å². The molecule has 6 heteroatoms. The van der Waals surface area contributed by atoms with E-state index < -0.39 is 0 Å². The van der Waals surface area contributed by atoms with Gasteiger partial charge in [-0.2, -0.15) is 0 Å². The van der Waals surface area contributed by atoms with E-state index in [2.05, 4.69) is 41.3 Å². The Morgan fingerprint density at radius 1 is 1.26 bits per heavy atom. The highest BCUT2D eigenvalue weighted by atomic mass is 19.1. The van der Waals surface area contributed by atoms with Crippen LogP contribution in [0, 0.1) is 11.7 Å². The minimum atomic E-state index is -0.259. The molecule has 0 spiro atoms. The number of likely N-dealkylation sites (tertiary alicyclic amines) is 1. The van der Waals surface area contributed by atoms with Gasteiger partial charge in [-0.05, 0) is 77.3 Å². The van der Waals surface area contributed by atoms with Crippen LogP contribution in [-0.4, -0.2) is 55.7 Å². The van der Waals surface area contributed by atoms with Gasteiger partial charge in [-0.25, -0.2) is 9.38 Å². The molecule has 0 aromatic heterocycles. The minimum Gasteiger partial charge on any atom is -0.489 e. The molecule has 0 radical (unpaired) electrons. The van der Waals surface area contributed by atoms with Gasteiger partial charge in [-0.1, -0.05) is 0 Å². The summed E-state index contributed by atoms with van der Waals surface area (Å²) in [7, 11) is 0. The Hall–Kier alpha value is -1.82. The van der Waals surface area contributed by atoms with Crippen molar-refractivity contribution < 1.29 is 9.13 Å². The Morgan fingerprint density at radius 3 is 2.67 bits per heavy atom. The van der Waals surface area contributed by atoms with E-state index in [1.807, 2.05) is 6.92 Å². The molecule has 2 unspecified atom stereocenters. The lowest BCUT2D eigenvalue weighted by Gasteiger charge is -2.35. The number of nitrogens with zero attached hydrogens (tertiary/aromatic N) is 2. The Kier molecular flexibility index (Phi) is 8.85. The highest BCUT2D eigenvalue weighted by molar-refractivity contribution is 5.79. The lowest BCUT2D eigenvalue weighted by molar-refractivity contribution is 0.141. The molecular weight excluding hydrogens is 343 g/mol. The molecule has 2 atom stereocenters. The summed E-state index contributed by atoms with van der Waals surface area (Å²) >= 11 is 0. The first-order valence-corrected chi connectivity index (χ1v) is 10.2. The van der Waals surface area contributed by atoms with Gasteiger partial charge in [-0.15, -0.1) is 0 Å². The van der Waals surface area contributed by atoms with E-state index in [0.717, 1.165) is 25.6 Å². The Morgan fingerprint density at radius 2 is 2.00 bits per heavy atom.